The molecule has 0 saturated heterocycles. The number of hydrogen-bond donors (Lipinski definition) is 5. The molecular formula is C10H7NO8. The number of carboxylic acid groups (broad SMARTS) is 3. The van der Waals surface area contributed by atoms with E-state index in [9.17, 15) is 19.2 Å². The van der Waals surface area contributed by atoms with Gasteiger partial charge in [-0.15, -0.1) is 0 Å². The molecule has 0 atom stereocenters. The summed E-state index contributed by atoms with van der Waals surface area (Å²) in [5.41, 5.74) is -1.81. The van der Waals surface area contributed by atoms with Gasteiger partial charge in [-0.3, -0.25) is 10.0 Å². The summed E-state index contributed by atoms with van der Waals surface area (Å²) >= 11 is 0. The number of amides is 1. The zero-order valence-electron chi connectivity index (χ0n) is 9.08. The molecule has 0 aliphatic heterocycles. The first-order chi connectivity index (χ1) is 8.79. The van der Waals surface area contributed by atoms with Crippen LogP contribution in [-0.2, 0) is 0 Å². The number of aromatic carboxylic acids is 3. The molecule has 0 fully saturated rings. The van der Waals surface area contributed by atoms with E-state index in [0.717, 1.165) is 5.48 Å². The van der Waals surface area contributed by atoms with Gasteiger partial charge in [0.25, 0.3) is 5.91 Å². The number of carboxylic acids is 3. The molecule has 9 nitrogen and oxygen atoms in total. The van der Waals surface area contributed by atoms with Gasteiger partial charge in [-0.05, 0) is 12.1 Å². The molecule has 0 heterocycles. The molecule has 1 rings (SSSR count). The van der Waals surface area contributed by atoms with E-state index in [4.69, 9.17) is 20.5 Å². The standard InChI is InChI=1S/C10H7NO8/c12-7(11-19)3-1-5(9(15)16)6(10(17)18)2-4(3)8(13)14/h1-2,19H,(H,11,12)(H,13,14)(H,15,16)(H,17,18). The highest BCUT2D eigenvalue weighted by Gasteiger charge is 2.25. The summed E-state index contributed by atoms with van der Waals surface area (Å²) in [6.45, 7) is 0. The van der Waals surface area contributed by atoms with E-state index in [1.807, 2.05) is 0 Å². The Bertz CT molecular complexity index is 591. The van der Waals surface area contributed by atoms with Gasteiger partial charge >= 0.3 is 17.9 Å². The lowest BCUT2D eigenvalue weighted by Crippen LogP contribution is -2.23. The first kappa shape index (κ1) is 14.1. The minimum atomic E-state index is -1.66. The SMILES string of the molecule is O=C(O)c1cc(C(=O)O)c(C(=O)NO)cc1C(=O)O. The third-order valence-corrected chi connectivity index (χ3v) is 2.20. The Morgan fingerprint density at radius 2 is 1.05 bits per heavy atom. The van der Waals surface area contributed by atoms with Crippen LogP contribution >= 0.6 is 0 Å². The summed E-state index contributed by atoms with van der Waals surface area (Å²) in [6, 6.07) is 1.11. The average molecular weight is 269 g/mol. The second kappa shape index (κ2) is 5.14. The smallest absolute Gasteiger partial charge is 0.336 e. The van der Waals surface area contributed by atoms with Gasteiger partial charge < -0.3 is 15.3 Å². The molecule has 19 heavy (non-hydrogen) atoms. The summed E-state index contributed by atoms with van der Waals surface area (Å²) in [7, 11) is 0. The second-order valence-electron chi connectivity index (χ2n) is 3.30. The summed E-state index contributed by atoms with van der Waals surface area (Å²) in [5.74, 6) is -6.22. The topological polar surface area (TPSA) is 161 Å². The molecule has 5 N–H and O–H groups in total. The Morgan fingerprint density at radius 1 is 0.737 bits per heavy atom. The van der Waals surface area contributed by atoms with Crippen molar-refractivity contribution in [3.05, 3.63) is 34.4 Å². The average Bonchev–Trinajstić information content (AvgIpc) is 2.35. The van der Waals surface area contributed by atoms with Crippen molar-refractivity contribution in [2.75, 3.05) is 0 Å². The molecule has 0 saturated carbocycles. The van der Waals surface area contributed by atoms with E-state index < -0.39 is 46.1 Å². The third kappa shape index (κ3) is 2.66. The van der Waals surface area contributed by atoms with Crippen molar-refractivity contribution >= 4 is 23.8 Å². The fraction of sp³-hybridized carbons (Fsp3) is 0. The molecule has 1 aromatic rings. The van der Waals surface area contributed by atoms with E-state index >= 15 is 0 Å². The van der Waals surface area contributed by atoms with Crippen LogP contribution in [0.3, 0.4) is 0 Å². The van der Waals surface area contributed by atoms with Crippen molar-refractivity contribution < 1.29 is 39.7 Å². The number of hydroxylamine groups is 1. The molecule has 100 valence electrons. The minimum Gasteiger partial charge on any atom is -0.478 e. The molecule has 0 radical (unpaired) electrons. The fourth-order valence-electron chi connectivity index (χ4n) is 1.38. The van der Waals surface area contributed by atoms with Crippen LogP contribution < -0.4 is 5.48 Å². The zero-order chi connectivity index (χ0) is 14.7. The van der Waals surface area contributed by atoms with E-state index in [2.05, 4.69) is 0 Å². The van der Waals surface area contributed by atoms with Gasteiger partial charge in [0, 0.05) is 0 Å². The van der Waals surface area contributed by atoms with Gasteiger partial charge in [0.2, 0.25) is 0 Å². The number of rotatable bonds is 4. The van der Waals surface area contributed by atoms with Crippen LogP contribution in [0.25, 0.3) is 0 Å². The summed E-state index contributed by atoms with van der Waals surface area (Å²) in [5, 5.41) is 34.9. The Labute approximate surface area is 104 Å². The molecule has 0 aromatic heterocycles. The van der Waals surface area contributed by atoms with Crippen molar-refractivity contribution in [1.29, 1.82) is 0 Å². The van der Waals surface area contributed by atoms with Crippen LogP contribution in [-0.4, -0.2) is 44.3 Å². The number of hydrogen-bond acceptors (Lipinski definition) is 5. The normalized spacial score (nSPS) is 9.74. The monoisotopic (exact) mass is 269 g/mol. The summed E-state index contributed by atoms with van der Waals surface area (Å²) in [4.78, 5) is 43.8. The molecule has 1 amide bonds. The molecule has 1 aromatic carbocycles. The summed E-state index contributed by atoms with van der Waals surface area (Å²) in [6.07, 6.45) is 0. The number of benzene rings is 1. The Morgan fingerprint density at radius 3 is 1.37 bits per heavy atom. The number of carbonyl (C=O) groups excluding carboxylic acids is 1. The van der Waals surface area contributed by atoms with Crippen molar-refractivity contribution in [3.8, 4) is 0 Å². The lowest BCUT2D eigenvalue weighted by atomic mass is 9.97. The maximum atomic E-state index is 11.2. The lowest BCUT2D eigenvalue weighted by Gasteiger charge is -2.08. The highest BCUT2D eigenvalue weighted by molar-refractivity contribution is 6.10. The fourth-order valence-corrected chi connectivity index (χ4v) is 1.38. The molecule has 0 aliphatic rings. The van der Waals surface area contributed by atoms with E-state index in [0.29, 0.717) is 12.1 Å². The Balaban J connectivity index is 3.69. The second-order valence-corrected chi connectivity index (χ2v) is 3.30. The Hall–Kier alpha value is -2.94. The van der Waals surface area contributed by atoms with E-state index in [1.165, 1.54) is 0 Å². The Kier molecular flexibility index (Phi) is 3.82. The van der Waals surface area contributed by atoms with E-state index in [1.54, 1.807) is 0 Å². The predicted molar refractivity (Wildman–Crippen MR) is 56.6 cm³/mol. The quantitative estimate of drug-likeness (QED) is 0.374. The lowest BCUT2D eigenvalue weighted by molar-refractivity contribution is 0.0641. The van der Waals surface area contributed by atoms with Crippen LogP contribution in [0.2, 0.25) is 0 Å². The highest BCUT2D eigenvalue weighted by Crippen LogP contribution is 2.18. The van der Waals surface area contributed by atoms with Crippen molar-refractivity contribution in [2.45, 2.75) is 0 Å². The van der Waals surface area contributed by atoms with Crippen molar-refractivity contribution in [1.82, 2.24) is 5.48 Å². The first-order valence-corrected chi connectivity index (χ1v) is 4.62. The largest absolute Gasteiger partial charge is 0.478 e. The van der Waals surface area contributed by atoms with Crippen molar-refractivity contribution in [2.24, 2.45) is 0 Å². The van der Waals surface area contributed by atoms with Crippen LogP contribution in [0, 0.1) is 0 Å². The van der Waals surface area contributed by atoms with Crippen LogP contribution in [0.1, 0.15) is 41.4 Å². The third-order valence-electron chi connectivity index (χ3n) is 2.20. The minimum absolute atomic E-state index is 0.540. The van der Waals surface area contributed by atoms with Gasteiger partial charge in [0.15, 0.2) is 0 Å². The molecule has 0 unspecified atom stereocenters. The predicted octanol–water partition coefficient (Wildman–Crippen LogP) is -0.0998. The first-order valence-electron chi connectivity index (χ1n) is 4.62. The number of carbonyl (C=O) groups is 4. The van der Waals surface area contributed by atoms with Gasteiger partial charge in [-0.25, -0.2) is 19.9 Å². The number of nitrogens with one attached hydrogen (secondary N) is 1. The van der Waals surface area contributed by atoms with Gasteiger partial charge in [-0.2, -0.15) is 0 Å². The van der Waals surface area contributed by atoms with Crippen LogP contribution in [0.5, 0.6) is 0 Å². The van der Waals surface area contributed by atoms with Gasteiger partial charge in [0.1, 0.15) is 0 Å². The van der Waals surface area contributed by atoms with Gasteiger partial charge in [-0.1, -0.05) is 0 Å². The van der Waals surface area contributed by atoms with Crippen molar-refractivity contribution in [3.63, 3.8) is 0 Å². The molecule has 9 heteroatoms. The van der Waals surface area contributed by atoms with Gasteiger partial charge in [0.05, 0.1) is 22.3 Å². The maximum absolute atomic E-state index is 11.2. The highest BCUT2D eigenvalue weighted by atomic mass is 16.5. The molecule has 0 spiro atoms. The molecule has 0 bridgehead atoms. The molecule has 0 aliphatic carbocycles. The van der Waals surface area contributed by atoms with Crippen LogP contribution in [0.4, 0.5) is 0 Å². The molecular weight excluding hydrogens is 262 g/mol. The van der Waals surface area contributed by atoms with E-state index in [-0.39, 0.29) is 0 Å². The maximum Gasteiger partial charge on any atom is 0.336 e. The van der Waals surface area contributed by atoms with Crippen LogP contribution in [0.15, 0.2) is 12.1 Å². The zero-order valence-corrected chi connectivity index (χ0v) is 9.08. The summed E-state index contributed by atoms with van der Waals surface area (Å²) < 4.78 is 0.